The lowest BCUT2D eigenvalue weighted by Gasteiger charge is -2.39. The molecule has 0 spiro atoms. The van der Waals surface area contributed by atoms with Crippen molar-refractivity contribution >= 4 is 30.9 Å². The molecule has 136 valence electrons. The Balaban J connectivity index is 4.54. The van der Waals surface area contributed by atoms with Crippen molar-refractivity contribution in [3.8, 4) is 0 Å². The summed E-state index contributed by atoms with van der Waals surface area (Å²) in [5.41, 5.74) is 2.77. The molecule has 4 heteroatoms. The summed E-state index contributed by atoms with van der Waals surface area (Å²) in [6, 6.07) is 0. The Morgan fingerprint density at radius 2 is 1.70 bits per heavy atom. The third kappa shape index (κ3) is 10.0. The molecule has 0 aliphatic rings. The van der Waals surface area contributed by atoms with Gasteiger partial charge in [-0.3, -0.25) is 0 Å². The maximum absolute atomic E-state index is 6.43. The summed E-state index contributed by atoms with van der Waals surface area (Å²) in [4.78, 5) is 0. The van der Waals surface area contributed by atoms with Crippen molar-refractivity contribution in [3.05, 3.63) is 23.3 Å². The summed E-state index contributed by atoms with van der Waals surface area (Å²) in [5.74, 6) is 0. The smallest absolute Gasteiger partial charge is 0.195 e. The van der Waals surface area contributed by atoms with E-state index in [2.05, 4.69) is 96.3 Å². The van der Waals surface area contributed by atoms with Crippen molar-refractivity contribution in [1.82, 2.24) is 0 Å². The largest absolute Gasteiger partial charge is 0.391 e. The SMILES string of the molecule is CC(C)=CCC/C(C)=C/CO[C@@H](O[Si](C)(C)C(C)(C)C)[C@H](C)I. The molecule has 0 heterocycles. The molecule has 0 amide bonds. The fraction of sp³-hybridized carbons (Fsp3) is 0.789. The van der Waals surface area contributed by atoms with Crippen LogP contribution in [0.4, 0.5) is 0 Å². The van der Waals surface area contributed by atoms with Crippen LogP contribution >= 0.6 is 22.6 Å². The van der Waals surface area contributed by atoms with Gasteiger partial charge in [0.05, 0.1) is 10.5 Å². The standard InChI is InChI=1S/C19H37IO2Si/c1-15(2)11-10-12-16(3)13-14-21-18(17(4)20)22-23(8,9)19(5,6)7/h11,13,17-18H,10,12,14H2,1-9H3/b16-13+/t17-,18-/m0/s1. The Kier molecular flexibility index (Phi) is 10.5. The third-order valence-electron chi connectivity index (χ3n) is 4.38. The zero-order valence-electron chi connectivity index (χ0n) is 16.6. The van der Waals surface area contributed by atoms with Crippen LogP contribution in [0.5, 0.6) is 0 Å². The number of rotatable bonds is 9. The summed E-state index contributed by atoms with van der Waals surface area (Å²) >= 11 is 2.40. The van der Waals surface area contributed by atoms with Gasteiger partial charge in [0, 0.05) is 0 Å². The first-order valence-electron chi connectivity index (χ1n) is 8.59. The number of halogens is 1. The summed E-state index contributed by atoms with van der Waals surface area (Å²) in [6.45, 7) is 20.6. The zero-order chi connectivity index (χ0) is 18.3. The molecule has 0 aromatic rings. The Hall–Kier alpha value is 0.347. The number of hydrogen-bond donors (Lipinski definition) is 0. The molecule has 0 aliphatic heterocycles. The number of alkyl halides is 1. The van der Waals surface area contributed by atoms with Crippen molar-refractivity contribution < 1.29 is 9.16 Å². The highest BCUT2D eigenvalue weighted by Crippen LogP contribution is 2.38. The Bertz CT molecular complexity index is 402. The van der Waals surface area contributed by atoms with Crippen molar-refractivity contribution in [3.63, 3.8) is 0 Å². The summed E-state index contributed by atoms with van der Waals surface area (Å²) in [5, 5.41) is 0.205. The van der Waals surface area contributed by atoms with Crippen molar-refractivity contribution in [1.29, 1.82) is 0 Å². The number of allylic oxidation sites excluding steroid dienone is 3. The summed E-state index contributed by atoms with van der Waals surface area (Å²) in [6.07, 6.45) is 6.56. The van der Waals surface area contributed by atoms with E-state index in [0.717, 1.165) is 12.8 Å². The first-order valence-corrected chi connectivity index (χ1v) is 12.7. The molecule has 0 saturated heterocycles. The minimum absolute atomic E-state index is 0.127. The van der Waals surface area contributed by atoms with E-state index < -0.39 is 8.32 Å². The van der Waals surface area contributed by atoms with Crippen LogP contribution in [-0.2, 0) is 9.16 Å². The zero-order valence-corrected chi connectivity index (χ0v) is 19.8. The maximum Gasteiger partial charge on any atom is 0.195 e. The van der Waals surface area contributed by atoms with Gasteiger partial charge in [0.1, 0.15) is 0 Å². The second kappa shape index (κ2) is 10.4. The Morgan fingerprint density at radius 1 is 1.13 bits per heavy atom. The van der Waals surface area contributed by atoms with E-state index in [9.17, 15) is 0 Å². The molecule has 0 N–H and O–H groups in total. The molecule has 2 nitrogen and oxygen atoms in total. The monoisotopic (exact) mass is 452 g/mol. The van der Waals surface area contributed by atoms with Gasteiger partial charge >= 0.3 is 0 Å². The van der Waals surface area contributed by atoms with Crippen molar-refractivity contribution in [2.45, 2.75) is 89.7 Å². The molecular formula is C19H37IO2Si. The first kappa shape index (κ1) is 23.3. The minimum atomic E-state index is -1.80. The molecule has 2 atom stereocenters. The van der Waals surface area contributed by atoms with Gasteiger partial charge in [-0.1, -0.05) is 66.7 Å². The van der Waals surface area contributed by atoms with E-state index in [1.165, 1.54) is 11.1 Å². The molecular weight excluding hydrogens is 415 g/mol. The van der Waals surface area contributed by atoms with Crippen LogP contribution in [0.25, 0.3) is 0 Å². The highest BCUT2D eigenvalue weighted by molar-refractivity contribution is 14.1. The van der Waals surface area contributed by atoms with Gasteiger partial charge in [0.25, 0.3) is 0 Å². The second-order valence-electron chi connectivity index (χ2n) is 8.13. The lowest BCUT2D eigenvalue weighted by atomic mass is 10.1. The molecule has 23 heavy (non-hydrogen) atoms. The normalized spacial score (nSPS) is 16.2. The average molecular weight is 452 g/mol. The summed E-state index contributed by atoms with van der Waals surface area (Å²) < 4.78 is 12.8. The van der Waals surface area contributed by atoms with Crippen LogP contribution in [0.3, 0.4) is 0 Å². The van der Waals surface area contributed by atoms with E-state index in [1.54, 1.807) is 0 Å². The number of ether oxygens (including phenoxy) is 1. The maximum atomic E-state index is 6.43. The molecule has 0 aromatic heterocycles. The molecule has 0 bridgehead atoms. The van der Waals surface area contributed by atoms with Crippen LogP contribution < -0.4 is 0 Å². The van der Waals surface area contributed by atoms with Gasteiger partial charge in [0.2, 0.25) is 0 Å². The molecule has 0 aromatic carbocycles. The topological polar surface area (TPSA) is 18.5 Å². The van der Waals surface area contributed by atoms with E-state index in [4.69, 9.17) is 9.16 Å². The predicted octanol–water partition coefficient (Wildman–Crippen LogP) is 6.87. The van der Waals surface area contributed by atoms with E-state index >= 15 is 0 Å². The van der Waals surface area contributed by atoms with Gasteiger partial charge in [0.15, 0.2) is 14.6 Å². The van der Waals surface area contributed by atoms with Gasteiger partial charge in [-0.2, -0.15) is 0 Å². The van der Waals surface area contributed by atoms with Gasteiger partial charge in [-0.25, -0.2) is 0 Å². The van der Waals surface area contributed by atoms with Gasteiger partial charge < -0.3 is 9.16 Å². The van der Waals surface area contributed by atoms with Gasteiger partial charge in [-0.05, 0) is 58.7 Å². The molecule has 0 fully saturated rings. The lowest BCUT2D eigenvalue weighted by molar-refractivity contribution is -0.0725. The second-order valence-corrected chi connectivity index (χ2v) is 14.8. The van der Waals surface area contributed by atoms with Gasteiger partial charge in [-0.15, -0.1) is 0 Å². The first-order chi connectivity index (χ1) is 10.4. The highest BCUT2D eigenvalue weighted by Gasteiger charge is 2.40. The van der Waals surface area contributed by atoms with Crippen LogP contribution in [0, 0.1) is 0 Å². The van der Waals surface area contributed by atoms with Crippen LogP contribution in [0.1, 0.15) is 61.3 Å². The van der Waals surface area contributed by atoms with Crippen LogP contribution in [-0.4, -0.2) is 25.1 Å². The Morgan fingerprint density at radius 3 is 2.13 bits per heavy atom. The van der Waals surface area contributed by atoms with E-state index in [-0.39, 0.29) is 11.3 Å². The van der Waals surface area contributed by atoms with Crippen molar-refractivity contribution in [2.75, 3.05) is 6.61 Å². The van der Waals surface area contributed by atoms with Crippen LogP contribution in [0.2, 0.25) is 18.1 Å². The predicted molar refractivity (Wildman–Crippen MR) is 114 cm³/mol. The molecule has 0 rings (SSSR count). The Labute approximate surface area is 159 Å². The fourth-order valence-corrected chi connectivity index (χ4v) is 3.54. The molecule has 0 saturated carbocycles. The van der Waals surface area contributed by atoms with Crippen molar-refractivity contribution in [2.24, 2.45) is 0 Å². The van der Waals surface area contributed by atoms with Crippen LogP contribution in [0.15, 0.2) is 23.3 Å². The third-order valence-corrected chi connectivity index (χ3v) is 9.40. The quantitative estimate of drug-likeness (QED) is 0.125. The minimum Gasteiger partial charge on any atom is -0.391 e. The van der Waals surface area contributed by atoms with E-state index in [1.807, 2.05) is 0 Å². The molecule has 0 radical (unpaired) electrons. The molecule has 0 unspecified atom stereocenters. The summed E-state index contributed by atoms with van der Waals surface area (Å²) in [7, 11) is -1.80. The van der Waals surface area contributed by atoms with E-state index in [0.29, 0.717) is 10.5 Å². The number of hydrogen-bond acceptors (Lipinski definition) is 2. The average Bonchev–Trinajstić information content (AvgIpc) is 2.35. The fourth-order valence-electron chi connectivity index (χ4n) is 1.70. The highest BCUT2D eigenvalue weighted by atomic mass is 127. The molecule has 0 aliphatic carbocycles. The lowest BCUT2D eigenvalue weighted by Crippen LogP contribution is -2.46.